The maximum absolute atomic E-state index is 5.94. The zero-order valence-corrected chi connectivity index (χ0v) is 12.5. The van der Waals surface area contributed by atoms with Gasteiger partial charge in [-0.15, -0.1) is 10.2 Å². The van der Waals surface area contributed by atoms with Crippen molar-refractivity contribution < 1.29 is 0 Å². The average molecular weight is 282 g/mol. The first kappa shape index (κ1) is 14.0. The molecule has 2 N–H and O–H groups in total. The number of hydrogen-bond donors (Lipinski definition) is 1. The second kappa shape index (κ2) is 6.22. The molecule has 110 valence electrons. The fourth-order valence-corrected chi connectivity index (χ4v) is 2.69. The SMILES string of the molecule is CCc1ccc(-c2ccc(N3CCC(N)CC3)nn2)cc1. The Labute approximate surface area is 126 Å². The van der Waals surface area contributed by atoms with Crippen molar-refractivity contribution in [1.29, 1.82) is 0 Å². The molecule has 1 aromatic heterocycles. The molecule has 1 saturated heterocycles. The molecule has 0 unspecified atom stereocenters. The molecular weight excluding hydrogens is 260 g/mol. The van der Waals surface area contributed by atoms with E-state index in [2.05, 4.69) is 58.4 Å². The van der Waals surface area contributed by atoms with Crippen LogP contribution in [-0.4, -0.2) is 29.3 Å². The molecule has 1 aliphatic heterocycles. The molecule has 0 radical (unpaired) electrons. The van der Waals surface area contributed by atoms with Crippen LogP contribution in [0.5, 0.6) is 0 Å². The number of aromatic nitrogens is 2. The number of piperidine rings is 1. The molecule has 2 aromatic rings. The summed E-state index contributed by atoms with van der Waals surface area (Å²) >= 11 is 0. The van der Waals surface area contributed by atoms with Crippen LogP contribution in [0.25, 0.3) is 11.3 Å². The third-order valence-electron chi connectivity index (χ3n) is 4.17. The summed E-state index contributed by atoms with van der Waals surface area (Å²) in [5.41, 5.74) is 9.32. The Morgan fingerprint density at radius 3 is 2.33 bits per heavy atom. The summed E-state index contributed by atoms with van der Waals surface area (Å²) < 4.78 is 0. The van der Waals surface area contributed by atoms with Crippen LogP contribution < -0.4 is 10.6 Å². The minimum atomic E-state index is 0.338. The van der Waals surface area contributed by atoms with E-state index in [4.69, 9.17) is 5.73 Å². The lowest BCUT2D eigenvalue weighted by Gasteiger charge is -2.30. The Morgan fingerprint density at radius 1 is 1.05 bits per heavy atom. The molecular formula is C17H22N4. The number of nitrogens with two attached hydrogens (primary N) is 1. The van der Waals surface area contributed by atoms with Gasteiger partial charge in [-0.25, -0.2) is 0 Å². The quantitative estimate of drug-likeness (QED) is 0.940. The van der Waals surface area contributed by atoms with Crippen LogP contribution in [-0.2, 0) is 6.42 Å². The van der Waals surface area contributed by atoms with Crippen LogP contribution in [0.4, 0.5) is 5.82 Å². The minimum absolute atomic E-state index is 0.338. The highest BCUT2D eigenvalue weighted by Crippen LogP contribution is 2.21. The normalized spacial score (nSPS) is 16.2. The van der Waals surface area contributed by atoms with Crippen LogP contribution in [0.15, 0.2) is 36.4 Å². The minimum Gasteiger partial charge on any atom is -0.355 e. The van der Waals surface area contributed by atoms with Gasteiger partial charge in [0.2, 0.25) is 0 Å². The fourth-order valence-electron chi connectivity index (χ4n) is 2.69. The van der Waals surface area contributed by atoms with Gasteiger partial charge in [0.05, 0.1) is 5.69 Å². The van der Waals surface area contributed by atoms with Crippen molar-refractivity contribution in [2.75, 3.05) is 18.0 Å². The summed E-state index contributed by atoms with van der Waals surface area (Å²) in [6, 6.07) is 13.0. The first-order valence-electron chi connectivity index (χ1n) is 7.70. The third kappa shape index (κ3) is 3.22. The number of hydrogen-bond acceptors (Lipinski definition) is 4. The zero-order valence-electron chi connectivity index (χ0n) is 12.5. The second-order valence-corrected chi connectivity index (χ2v) is 5.65. The molecule has 0 aliphatic carbocycles. The third-order valence-corrected chi connectivity index (χ3v) is 4.17. The van der Waals surface area contributed by atoms with Gasteiger partial charge in [-0.05, 0) is 37.0 Å². The molecule has 0 bridgehead atoms. The molecule has 4 heteroatoms. The monoisotopic (exact) mass is 282 g/mol. The van der Waals surface area contributed by atoms with E-state index >= 15 is 0 Å². The Hall–Kier alpha value is -1.94. The standard InChI is InChI=1S/C17H22N4/c1-2-13-3-5-14(6-4-13)16-7-8-17(20-19-16)21-11-9-15(18)10-12-21/h3-8,15H,2,9-12,18H2,1H3. The Kier molecular flexibility index (Phi) is 4.15. The van der Waals surface area contributed by atoms with Crippen molar-refractivity contribution in [2.45, 2.75) is 32.2 Å². The molecule has 0 saturated carbocycles. The molecule has 0 atom stereocenters. The number of nitrogens with zero attached hydrogens (tertiary/aromatic N) is 3. The number of anilines is 1. The lowest BCUT2D eigenvalue weighted by molar-refractivity contribution is 0.497. The van der Waals surface area contributed by atoms with Crippen molar-refractivity contribution >= 4 is 5.82 Å². The van der Waals surface area contributed by atoms with E-state index in [0.29, 0.717) is 6.04 Å². The molecule has 3 rings (SSSR count). The summed E-state index contributed by atoms with van der Waals surface area (Å²) in [4.78, 5) is 2.26. The van der Waals surface area contributed by atoms with Crippen LogP contribution in [0.2, 0.25) is 0 Å². The van der Waals surface area contributed by atoms with Crippen LogP contribution in [0.3, 0.4) is 0 Å². The summed E-state index contributed by atoms with van der Waals surface area (Å²) in [5, 5.41) is 8.76. The van der Waals surface area contributed by atoms with Gasteiger partial charge in [0, 0.05) is 24.7 Å². The van der Waals surface area contributed by atoms with E-state index in [1.165, 1.54) is 5.56 Å². The summed E-state index contributed by atoms with van der Waals surface area (Å²) in [7, 11) is 0. The van der Waals surface area contributed by atoms with Gasteiger partial charge in [-0.1, -0.05) is 31.2 Å². The average Bonchev–Trinajstić information content (AvgIpc) is 2.56. The summed E-state index contributed by atoms with van der Waals surface area (Å²) in [5.74, 6) is 0.954. The van der Waals surface area contributed by atoms with Gasteiger partial charge in [-0.2, -0.15) is 0 Å². The van der Waals surface area contributed by atoms with E-state index in [-0.39, 0.29) is 0 Å². The predicted molar refractivity (Wildman–Crippen MR) is 86.3 cm³/mol. The van der Waals surface area contributed by atoms with Crippen molar-refractivity contribution in [3.05, 3.63) is 42.0 Å². The van der Waals surface area contributed by atoms with Gasteiger partial charge in [0.15, 0.2) is 5.82 Å². The maximum atomic E-state index is 5.94. The van der Waals surface area contributed by atoms with Gasteiger partial charge in [0.25, 0.3) is 0 Å². The van der Waals surface area contributed by atoms with Gasteiger partial charge >= 0.3 is 0 Å². The first-order valence-corrected chi connectivity index (χ1v) is 7.70. The Bertz CT molecular complexity index is 569. The topological polar surface area (TPSA) is 55.0 Å². The molecule has 1 aliphatic rings. The number of rotatable bonds is 3. The number of benzene rings is 1. The van der Waals surface area contributed by atoms with Crippen molar-refractivity contribution in [2.24, 2.45) is 5.73 Å². The highest BCUT2D eigenvalue weighted by atomic mass is 15.3. The van der Waals surface area contributed by atoms with Crippen molar-refractivity contribution in [1.82, 2.24) is 10.2 Å². The Morgan fingerprint density at radius 2 is 1.76 bits per heavy atom. The van der Waals surface area contributed by atoms with E-state index in [9.17, 15) is 0 Å². The molecule has 0 amide bonds. The highest BCUT2D eigenvalue weighted by Gasteiger charge is 2.17. The smallest absolute Gasteiger partial charge is 0.151 e. The van der Waals surface area contributed by atoms with Crippen LogP contribution >= 0.6 is 0 Å². The van der Waals surface area contributed by atoms with Gasteiger partial charge in [0.1, 0.15) is 0 Å². The molecule has 21 heavy (non-hydrogen) atoms. The number of aryl methyl sites for hydroxylation is 1. The van der Waals surface area contributed by atoms with Gasteiger partial charge < -0.3 is 10.6 Å². The predicted octanol–water partition coefficient (Wildman–Crippen LogP) is 2.63. The van der Waals surface area contributed by atoms with Crippen molar-refractivity contribution in [3.8, 4) is 11.3 Å². The first-order chi connectivity index (χ1) is 10.3. The highest BCUT2D eigenvalue weighted by molar-refractivity contribution is 5.60. The van der Waals surface area contributed by atoms with Gasteiger partial charge in [-0.3, -0.25) is 0 Å². The van der Waals surface area contributed by atoms with E-state index in [1.807, 2.05) is 0 Å². The van der Waals surface area contributed by atoms with Crippen LogP contribution in [0, 0.1) is 0 Å². The Balaban J connectivity index is 1.74. The molecule has 2 heterocycles. The fraction of sp³-hybridized carbons (Fsp3) is 0.412. The second-order valence-electron chi connectivity index (χ2n) is 5.65. The van der Waals surface area contributed by atoms with Crippen molar-refractivity contribution in [3.63, 3.8) is 0 Å². The maximum Gasteiger partial charge on any atom is 0.151 e. The molecule has 4 nitrogen and oxygen atoms in total. The largest absolute Gasteiger partial charge is 0.355 e. The lowest BCUT2D eigenvalue weighted by atomic mass is 10.1. The van der Waals surface area contributed by atoms with E-state index < -0.39 is 0 Å². The summed E-state index contributed by atoms with van der Waals surface area (Å²) in [6.45, 7) is 4.11. The van der Waals surface area contributed by atoms with E-state index in [0.717, 1.165) is 49.4 Å². The van der Waals surface area contributed by atoms with Crippen LogP contribution in [0.1, 0.15) is 25.3 Å². The molecule has 1 fully saturated rings. The zero-order chi connectivity index (χ0) is 14.7. The molecule has 0 spiro atoms. The summed E-state index contributed by atoms with van der Waals surface area (Å²) in [6.07, 6.45) is 3.12. The van der Waals surface area contributed by atoms with E-state index in [1.54, 1.807) is 0 Å². The molecule has 1 aromatic carbocycles. The lowest BCUT2D eigenvalue weighted by Crippen LogP contribution is -2.40.